The molecule has 0 aliphatic heterocycles. The number of nitrogens with one attached hydrogen (secondary N) is 2. The molecule has 5 nitrogen and oxygen atoms in total. The van der Waals surface area contributed by atoms with Crippen LogP contribution in [-0.2, 0) is 16.4 Å². The minimum Gasteiger partial charge on any atom is -0.357 e. The molecule has 0 aliphatic rings. The Morgan fingerprint density at radius 3 is 2.65 bits per heavy atom. The van der Waals surface area contributed by atoms with E-state index < -0.39 is 9.84 Å². The number of sulfone groups is 1. The fourth-order valence-electron chi connectivity index (χ4n) is 1.61. The molecule has 0 saturated heterocycles. The number of aliphatic imine (C=N–C) groups is 1. The van der Waals surface area contributed by atoms with Gasteiger partial charge in [-0.3, -0.25) is 0 Å². The summed E-state index contributed by atoms with van der Waals surface area (Å²) < 4.78 is 22.1. The quantitative estimate of drug-likeness (QED) is 0.455. The van der Waals surface area contributed by atoms with Gasteiger partial charge in [0.05, 0.1) is 12.3 Å². The van der Waals surface area contributed by atoms with Gasteiger partial charge >= 0.3 is 0 Å². The second-order valence-corrected chi connectivity index (χ2v) is 8.25. The van der Waals surface area contributed by atoms with Gasteiger partial charge in [-0.05, 0) is 32.4 Å². The van der Waals surface area contributed by atoms with Crippen LogP contribution in [0.15, 0.2) is 17.1 Å². The lowest BCUT2D eigenvalue weighted by molar-refractivity contribution is 0.598. The van der Waals surface area contributed by atoms with Crippen molar-refractivity contribution in [2.45, 2.75) is 26.8 Å². The topological polar surface area (TPSA) is 70.6 Å². The number of aryl methyl sites for hydroxylation is 1. The summed E-state index contributed by atoms with van der Waals surface area (Å²) in [7, 11) is -2.89. The van der Waals surface area contributed by atoms with Crippen LogP contribution in [0.3, 0.4) is 0 Å². The molecule has 1 heterocycles. The van der Waals surface area contributed by atoms with Crippen molar-refractivity contribution in [1.82, 2.24) is 10.6 Å². The van der Waals surface area contributed by atoms with Crippen molar-refractivity contribution < 1.29 is 8.42 Å². The molecule has 1 rings (SSSR count). The second-order valence-electron chi connectivity index (χ2n) is 4.62. The predicted octanol–water partition coefficient (Wildman–Crippen LogP) is 1.55. The van der Waals surface area contributed by atoms with Gasteiger partial charge in [-0.1, -0.05) is 0 Å². The maximum Gasteiger partial charge on any atom is 0.191 e. The van der Waals surface area contributed by atoms with Gasteiger partial charge in [0.15, 0.2) is 5.96 Å². The van der Waals surface area contributed by atoms with E-state index in [1.165, 1.54) is 16.0 Å². The molecule has 0 spiro atoms. The summed E-state index contributed by atoms with van der Waals surface area (Å²) in [5, 5.41) is 6.30. The third-order valence-corrected chi connectivity index (χ3v) is 4.53. The number of thiophene rings is 1. The van der Waals surface area contributed by atoms with Crippen LogP contribution >= 0.6 is 11.3 Å². The molecule has 0 bridgehead atoms. The van der Waals surface area contributed by atoms with Gasteiger partial charge < -0.3 is 10.6 Å². The fraction of sp³-hybridized carbons (Fsp3) is 0.615. The van der Waals surface area contributed by atoms with E-state index in [1.54, 1.807) is 11.3 Å². The highest BCUT2D eigenvalue weighted by atomic mass is 32.2. The summed E-state index contributed by atoms with van der Waals surface area (Å²) in [6.45, 7) is 6.10. The SMILES string of the molecule is CCNC(=NCc1ccc(C)s1)NCCCS(C)(=O)=O. The molecule has 0 aromatic carbocycles. The monoisotopic (exact) mass is 317 g/mol. The summed E-state index contributed by atoms with van der Waals surface area (Å²) in [5.41, 5.74) is 0. The lowest BCUT2D eigenvalue weighted by Crippen LogP contribution is -2.38. The van der Waals surface area contributed by atoms with Crippen LogP contribution in [0.25, 0.3) is 0 Å². The molecule has 0 unspecified atom stereocenters. The number of rotatable bonds is 7. The highest BCUT2D eigenvalue weighted by Gasteiger charge is 2.03. The molecule has 7 heteroatoms. The van der Waals surface area contributed by atoms with Crippen molar-refractivity contribution in [1.29, 1.82) is 0 Å². The van der Waals surface area contributed by atoms with Crippen LogP contribution in [0, 0.1) is 6.92 Å². The van der Waals surface area contributed by atoms with Gasteiger partial charge in [-0.15, -0.1) is 11.3 Å². The van der Waals surface area contributed by atoms with Crippen molar-refractivity contribution >= 4 is 27.1 Å². The van der Waals surface area contributed by atoms with Crippen LogP contribution in [0.4, 0.5) is 0 Å². The average Bonchev–Trinajstić information content (AvgIpc) is 2.76. The molecule has 114 valence electrons. The molecule has 0 amide bonds. The fourth-order valence-corrected chi connectivity index (χ4v) is 3.09. The number of guanidine groups is 1. The maximum absolute atomic E-state index is 11.0. The Balaban J connectivity index is 2.42. The minimum atomic E-state index is -2.89. The van der Waals surface area contributed by atoms with Crippen molar-refractivity contribution in [3.8, 4) is 0 Å². The Kier molecular flexibility index (Phi) is 7.01. The van der Waals surface area contributed by atoms with Crippen molar-refractivity contribution in [2.24, 2.45) is 4.99 Å². The van der Waals surface area contributed by atoms with Crippen LogP contribution in [0.1, 0.15) is 23.1 Å². The summed E-state index contributed by atoms with van der Waals surface area (Å²) in [6.07, 6.45) is 1.84. The van der Waals surface area contributed by atoms with Crippen LogP contribution < -0.4 is 10.6 Å². The number of nitrogens with zero attached hydrogens (tertiary/aromatic N) is 1. The Bertz CT molecular complexity index is 536. The Morgan fingerprint density at radius 2 is 2.10 bits per heavy atom. The largest absolute Gasteiger partial charge is 0.357 e. The molecule has 0 radical (unpaired) electrons. The molecule has 0 fully saturated rings. The first-order chi connectivity index (χ1) is 9.40. The lowest BCUT2D eigenvalue weighted by atomic mass is 10.4. The van der Waals surface area contributed by atoms with Gasteiger partial charge in [0, 0.05) is 29.1 Å². The van der Waals surface area contributed by atoms with E-state index in [0.717, 1.165) is 12.5 Å². The highest BCUT2D eigenvalue weighted by Crippen LogP contribution is 2.15. The number of hydrogen-bond donors (Lipinski definition) is 2. The Morgan fingerprint density at radius 1 is 1.35 bits per heavy atom. The maximum atomic E-state index is 11.0. The van der Waals surface area contributed by atoms with E-state index in [2.05, 4.69) is 34.7 Å². The van der Waals surface area contributed by atoms with Gasteiger partial charge in [-0.2, -0.15) is 0 Å². The van der Waals surface area contributed by atoms with Crippen molar-refractivity contribution in [3.05, 3.63) is 21.9 Å². The highest BCUT2D eigenvalue weighted by molar-refractivity contribution is 7.90. The Labute approximate surface area is 125 Å². The first-order valence-electron chi connectivity index (χ1n) is 6.66. The average molecular weight is 317 g/mol. The molecule has 0 atom stereocenters. The van der Waals surface area contributed by atoms with E-state index in [0.29, 0.717) is 19.5 Å². The summed E-state index contributed by atoms with van der Waals surface area (Å²) in [4.78, 5) is 6.98. The van der Waals surface area contributed by atoms with E-state index in [-0.39, 0.29) is 5.75 Å². The van der Waals surface area contributed by atoms with Gasteiger partial charge in [0.1, 0.15) is 9.84 Å². The van der Waals surface area contributed by atoms with E-state index in [1.807, 2.05) is 6.92 Å². The molecular formula is C13H23N3O2S2. The molecule has 1 aromatic rings. The zero-order valence-corrected chi connectivity index (χ0v) is 13.9. The van der Waals surface area contributed by atoms with Crippen LogP contribution in [-0.4, -0.2) is 39.5 Å². The summed E-state index contributed by atoms with van der Waals surface area (Å²) in [6, 6.07) is 4.17. The van der Waals surface area contributed by atoms with E-state index in [4.69, 9.17) is 0 Å². The van der Waals surface area contributed by atoms with Gasteiger partial charge in [-0.25, -0.2) is 13.4 Å². The molecule has 1 aromatic heterocycles. The molecule has 0 saturated carbocycles. The molecule has 0 aliphatic carbocycles. The summed E-state index contributed by atoms with van der Waals surface area (Å²) >= 11 is 1.74. The normalized spacial score (nSPS) is 12.4. The van der Waals surface area contributed by atoms with Crippen LogP contribution in [0.5, 0.6) is 0 Å². The number of hydrogen-bond acceptors (Lipinski definition) is 4. The Hall–Kier alpha value is -1.08. The zero-order valence-electron chi connectivity index (χ0n) is 12.3. The smallest absolute Gasteiger partial charge is 0.191 e. The molecule has 20 heavy (non-hydrogen) atoms. The van der Waals surface area contributed by atoms with E-state index >= 15 is 0 Å². The third-order valence-electron chi connectivity index (χ3n) is 2.52. The van der Waals surface area contributed by atoms with Gasteiger partial charge in [0.2, 0.25) is 0 Å². The first-order valence-corrected chi connectivity index (χ1v) is 9.53. The minimum absolute atomic E-state index is 0.198. The van der Waals surface area contributed by atoms with Crippen LogP contribution in [0.2, 0.25) is 0 Å². The first kappa shape index (κ1) is 17.0. The van der Waals surface area contributed by atoms with Crippen molar-refractivity contribution in [3.63, 3.8) is 0 Å². The third kappa shape index (κ3) is 7.49. The summed E-state index contributed by atoms with van der Waals surface area (Å²) in [5.74, 6) is 0.927. The van der Waals surface area contributed by atoms with E-state index in [9.17, 15) is 8.42 Å². The molecular weight excluding hydrogens is 294 g/mol. The molecule has 2 N–H and O–H groups in total. The standard InChI is InChI=1S/C13H23N3O2S2/c1-4-14-13(15-8-5-9-20(3,17)18)16-10-12-7-6-11(2)19-12/h6-7H,4-5,8-10H2,1-3H3,(H2,14,15,16). The zero-order chi connectivity index (χ0) is 15.0. The second kappa shape index (κ2) is 8.26. The van der Waals surface area contributed by atoms with Crippen molar-refractivity contribution in [2.75, 3.05) is 25.1 Å². The lowest BCUT2D eigenvalue weighted by Gasteiger charge is -2.10. The predicted molar refractivity (Wildman–Crippen MR) is 86.2 cm³/mol. The van der Waals surface area contributed by atoms with Gasteiger partial charge in [0.25, 0.3) is 0 Å².